The molecule has 5 nitrogen and oxygen atoms in total. The molecule has 2 aromatic carbocycles. The van der Waals surface area contributed by atoms with Crippen LogP contribution in [0.1, 0.15) is 22.9 Å². The van der Waals surface area contributed by atoms with Gasteiger partial charge in [-0.3, -0.25) is 0 Å². The molecule has 0 aliphatic carbocycles. The lowest BCUT2D eigenvalue weighted by molar-refractivity contribution is 0.0885. The lowest BCUT2D eigenvalue weighted by Gasteiger charge is -2.20. The van der Waals surface area contributed by atoms with Crippen LogP contribution in [0.4, 0.5) is 0 Å². The van der Waals surface area contributed by atoms with Gasteiger partial charge in [0.05, 0.1) is 36.8 Å². The Labute approximate surface area is 150 Å². The van der Waals surface area contributed by atoms with Crippen LogP contribution in [0.5, 0.6) is 5.75 Å². The maximum absolute atomic E-state index is 6.59. The van der Waals surface area contributed by atoms with E-state index >= 15 is 0 Å². The van der Waals surface area contributed by atoms with Gasteiger partial charge in [0, 0.05) is 5.56 Å². The molecule has 0 unspecified atom stereocenters. The number of rotatable bonds is 4. The molecule has 0 spiro atoms. The molecule has 3 aromatic rings. The summed E-state index contributed by atoms with van der Waals surface area (Å²) in [5.74, 6) is 0.619. The minimum absolute atomic E-state index is 0.159. The lowest BCUT2D eigenvalue weighted by Crippen LogP contribution is -2.24. The summed E-state index contributed by atoms with van der Waals surface area (Å²) in [4.78, 5) is 0. The molecule has 25 heavy (non-hydrogen) atoms. The quantitative estimate of drug-likeness (QED) is 0.776. The SMILES string of the molecule is N[C@@H]1COCc2c1cnn2-c1cccc(OCc2ccccc2)c1Cl. The van der Waals surface area contributed by atoms with Gasteiger partial charge in [0.15, 0.2) is 0 Å². The Bertz CT molecular complexity index is 880. The standard InChI is InChI=1S/C19H18ClN3O2/c20-19-16(23-17-12-24-11-15(21)14(17)9-22-23)7-4-8-18(19)25-10-13-5-2-1-3-6-13/h1-9,15H,10-12,21H2/t15-/m1/s1. The van der Waals surface area contributed by atoms with Crippen LogP contribution in [0, 0.1) is 0 Å². The maximum Gasteiger partial charge on any atom is 0.140 e. The van der Waals surface area contributed by atoms with Gasteiger partial charge >= 0.3 is 0 Å². The number of hydrogen-bond acceptors (Lipinski definition) is 4. The van der Waals surface area contributed by atoms with Crippen molar-refractivity contribution in [3.8, 4) is 11.4 Å². The van der Waals surface area contributed by atoms with E-state index < -0.39 is 0 Å². The van der Waals surface area contributed by atoms with E-state index in [2.05, 4.69) is 5.10 Å². The third kappa shape index (κ3) is 3.14. The molecular formula is C19H18ClN3O2. The number of fused-ring (bicyclic) bond motifs is 1. The predicted octanol–water partition coefficient (Wildman–Crippen LogP) is 3.63. The Kier molecular flexibility index (Phi) is 4.44. The largest absolute Gasteiger partial charge is 0.487 e. The van der Waals surface area contributed by atoms with Crippen LogP contribution in [0.25, 0.3) is 5.69 Å². The highest BCUT2D eigenvalue weighted by Crippen LogP contribution is 2.34. The summed E-state index contributed by atoms with van der Waals surface area (Å²) in [7, 11) is 0. The average molecular weight is 356 g/mol. The fraction of sp³-hybridized carbons (Fsp3) is 0.211. The van der Waals surface area contributed by atoms with E-state index in [0.29, 0.717) is 30.6 Å². The number of benzene rings is 2. The van der Waals surface area contributed by atoms with E-state index in [0.717, 1.165) is 22.5 Å². The van der Waals surface area contributed by atoms with Crippen LogP contribution >= 0.6 is 11.6 Å². The van der Waals surface area contributed by atoms with Gasteiger partial charge in [-0.25, -0.2) is 4.68 Å². The van der Waals surface area contributed by atoms with Gasteiger partial charge < -0.3 is 15.2 Å². The van der Waals surface area contributed by atoms with Crippen LogP contribution < -0.4 is 10.5 Å². The molecular weight excluding hydrogens is 338 g/mol. The molecule has 1 aliphatic heterocycles. The molecule has 2 heterocycles. The Balaban J connectivity index is 1.64. The number of aromatic nitrogens is 2. The normalized spacial score (nSPS) is 16.5. The molecule has 0 fully saturated rings. The minimum atomic E-state index is -0.159. The molecule has 0 saturated carbocycles. The van der Waals surface area contributed by atoms with E-state index in [1.807, 2.05) is 48.5 Å². The highest BCUT2D eigenvalue weighted by molar-refractivity contribution is 6.33. The summed E-state index contributed by atoms with van der Waals surface area (Å²) < 4.78 is 13.2. The van der Waals surface area contributed by atoms with Gasteiger partial charge in [0.1, 0.15) is 17.4 Å². The molecule has 4 rings (SSSR count). The molecule has 1 aliphatic rings. The van der Waals surface area contributed by atoms with Gasteiger partial charge in [-0.15, -0.1) is 0 Å². The van der Waals surface area contributed by atoms with E-state index in [-0.39, 0.29) is 6.04 Å². The number of hydrogen-bond donors (Lipinski definition) is 1. The summed E-state index contributed by atoms with van der Waals surface area (Å²) in [5, 5.41) is 4.97. The van der Waals surface area contributed by atoms with Crippen molar-refractivity contribution in [2.45, 2.75) is 19.3 Å². The van der Waals surface area contributed by atoms with Crippen molar-refractivity contribution in [1.82, 2.24) is 9.78 Å². The molecule has 1 atom stereocenters. The van der Waals surface area contributed by atoms with Crippen molar-refractivity contribution in [3.63, 3.8) is 0 Å². The maximum atomic E-state index is 6.59. The average Bonchev–Trinajstić information content (AvgIpc) is 3.07. The Morgan fingerprint density at radius 2 is 2.04 bits per heavy atom. The van der Waals surface area contributed by atoms with Crippen molar-refractivity contribution in [1.29, 1.82) is 0 Å². The van der Waals surface area contributed by atoms with Crippen LogP contribution in [0.3, 0.4) is 0 Å². The van der Waals surface area contributed by atoms with Crippen LogP contribution in [0.15, 0.2) is 54.7 Å². The van der Waals surface area contributed by atoms with Crippen molar-refractivity contribution < 1.29 is 9.47 Å². The molecule has 6 heteroatoms. The predicted molar refractivity (Wildman–Crippen MR) is 95.9 cm³/mol. The zero-order valence-corrected chi connectivity index (χ0v) is 14.3. The van der Waals surface area contributed by atoms with Crippen molar-refractivity contribution >= 4 is 11.6 Å². The zero-order chi connectivity index (χ0) is 17.2. The van der Waals surface area contributed by atoms with Crippen LogP contribution in [-0.2, 0) is 18.0 Å². The Morgan fingerprint density at radius 1 is 1.20 bits per heavy atom. The minimum Gasteiger partial charge on any atom is -0.487 e. The highest BCUT2D eigenvalue weighted by Gasteiger charge is 2.24. The van der Waals surface area contributed by atoms with E-state index in [9.17, 15) is 0 Å². The van der Waals surface area contributed by atoms with Crippen LogP contribution in [-0.4, -0.2) is 16.4 Å². The smallest absolute Gasteiger partial charge is 0.140 e. The fourth-order valence-corrected chi connectivity index (χ4v) is 3.19. The second-order valence-electron chi connectivity index (χ2n) is 5.94. The first kappa shape index (κ1) is 16.1. The molecule has 1 aromatic heterocycles. The first-order valence-electron chi connectivity index (χ1n) is 8.10. The summed E-state index contributed by atoms with van der Waals surface area (Å²) in [6.45, 7) is 1.43. The number of ether oxygens (including phenoxy) is 2. The van der Waals surface area contributed by atoms with Gasteiger partial charge in [0.2, 0.25) is 0 Å². The van der Waals surface area contributed by atoms with Crippen LogP contribution in [0.2, 0.25) is 5.02 Å². The van der Waals surface area contributed by atoms with E-state index in [4.69, 9.17) is 26.8 Å². The van der Waals surface area contributed by atoms with Crippen molar-refractivity contribution in [2.75, 3.05) is 6.61 Å². The second kappa shape index (κ2) is 6.88. The summed E-state index contributed by atoms with van der Waals surface area (Å²) in [5.41, 5.74) is 9.85. The van der Waals surface area contributed by atoms with E-state index in [1.165, 1.54) is 0 Å². The first-order chi connectivity index (χ1) is 12.2. The zero-order valence-electron chi connectivity index (χ0n) is 13.6. The molecule has 0 radical (unpaired) electrons. The molecule has 2 N–H and O–H groups in total. The summed E-state index contributed by atoms with van der Waals surface area (Å²) in [6, 6.07) is 15.5. The Morgan fingerprint density at radius 3 is 2.88 bits per heavy atom. The molecule has 0 amide bonds. The van der Waals surface area contributed by atoms with Gasteiger partial charge in [-0.05, 0) is 17.7 Å². The monoisotopic (exact) mass is 355 g/mol. The number of halogens is 1. The van der Waals surface area contributed by atoms with E-state index in [1.54, 1.807) is 10.9 Å². The van der Waals surface area contributed by atoms with Gasteiger partial charge in [0.25, 0.3) is 0 Å². The third-order valence-corrected chi connectivity index (χ3v) is 4.62. The molecule has 128 valence electrons. The summed E-state index contributed by atoms with van der Waals surface area (Å²) >= 11 is 6.59. The number of nitrogens with two attached hydrogens (primary N) is 1. The molecule has 0 bridgehead atoms. The Hall–Kier alpha value is -2.34. The first-order valence-corrected chi connectivity index (χ1v) is 8.47. The fourth-order valence-electron chi connectivity index (χ4n) is 2.93. The third-order valence-electron chi connectivity index (χ3n) is 4.25. The molecule has 0 saturated heterocycles. The van der Waals surface area contributed by atoms with Gasteiger partial charge in [-0.2, -0.15) is 5.10 Å². The van der Waals surface area contributed by atoms with Crippen molar-refractivity contribution in [2.24, 2.45) is 5.73 Å². The summed E-state index contributed by atoms with van der Waals surface area (Å²) in [6.07, 6.45) is 1.79. The van der Waals surface area contributed by atoms with Crippen molar-refractivity contribution in [3.05, 3.63) is 76.6 Å². The topological polar surface area (TPSA) is 62.3 Å². The highest BCUT2D eigenvalue weighted by atomic mass is 35.5. The number of nitrogens with zero attached hydrogens (tertiary/aromatic N) is 2. The lowest BCUT2D eigenvalue weighted by atomic mass is 10.1. The second-order valence-corrected chi connectivity index (χ2v) is 6.32. The van der Waals surface area contributed by atoms with Gasteiger partial charge in [-0.1, -0.05) is 48.0 Å².